The number of rotatable bonds is 2. The average Bonchev–Trinajstić information content (AvgIpc) is 2.93. The molecule has 4 nitrogen and oxygen atoms in total. The van der Waals surface area contributed by atoms with E-state index in [0.717, 1.165) is 24.2 Å². The largest absolute Gasteiger partial charge is 0.508 e. The third kappa shape index (κ3) is 2.00. The topological polar surface area (TPSA) is 65.1 Å². The van der Waals surface area contributed by atoms with Crippen molar-refractivity contribution in [3.8, 4) is 5.75 Å². The number of benzene rings is 2. The van der Waals surface area contributed by atoms with E-state index >= 15 is 0 Å². The molecule has 1 aliphatic heterocycles. The molecule has 0 fully saturated rings. The van der Waals surface area contributed by atoms with Crippen molar-refractivity contribution in [1.29, 1.82) is 0 Å². The van der Waals surface area contributed by atoms with Crippen molar-refractivity contribution in [2.75, 3.05) is 6.54 Å². The van der Waals surface area contributed by atoms with E-state index in [1.807, 2.05) is 18.2 Å². The Bertz CT molecular complexity index is 849. The Labute approximate surface area is 127 Å². The lowest BCUT2D eigenvalue weighted by Crippen LogP contribution is -2.35. The second-order valence-corrected chi connectivity index (χ2v) is 5.61. The molecule has 0 radical (unpaired) electrons. The van der Waals surface area contributed by atoms with E-state index in [9.17, 15) is 9.90 Å². The van der Waals surface area contributed by atoms with Crippen LogP contribution in [0, 0.1) is 0 Å². The van der Waals surface area contributed by atoms with Gasteiger partial charge in [0.1, 0.15) is 11.8 Å². The summed E-state index contributed by atoms with van der Waals surface area (Å²) in [7, 11) is 0. The van der Waals surface area contributed by atoms with Gasteiger partial charge in [-0.25, -0.2) is 0 Å². The number of aromatic hydroxyl groups is 1. The van der Waals surface area contributed by atoms with Crippen LogP contribution in [0.5, 0.6) is 5.75 Å². The molecule has 0 bridgehead atoms. The van der Waals surface area contributed by atoms with E-state index in [-0.39, 0.29) is 17.6 Å². The summed E-state index contributed by atoms with van der Waals surface area (Å²) in [5.74, 6) is 0.187. The Hall–Kier alpha value is -2.59. The van der Waals surface area contributed by atoms with Gasteiger partial charge < -0.3 is 15.4 Å². The van der Waals surface area contributed by atoms with Gasteiger partial charge in [-0.3, -0.25) is 4.79 Å². The van der Waals surface area contributed by atoms with Crippen molar-refractivity contribution >= 4 is 16.7 Å². The number of para-hydroxylation sites is 1. The highest BCUT2D eigenvalue weighted by Gasteiger charge is 2.29. The zero-order valence-electron chi connectivity index (χ0n) is 12.0. The molecule has 0 spiro atoms. The van der Waals surface area contributed by atoms with E-state index in [2.05, 4.69) is 16.4 Å². The highest BCUT2D eigenvalue weighted by molar-refractivity contribution is 6.02. The summed E-state index contributed by atoms with van der Waals surface area (Å²) in [6, 6.07) is 14.2. The van der Waals surface area contributed by atoms with Gasteiger partial charge in [-0.2, -0.15) is 0 Å². The van der Waals surface area contributed by atoms with E-state index in [0.29, 0.717) is 5.56 Å². The summed E-state index contributed by atoms with van der Waals surface area (Å²) in [4.78, 5) is 16.2. The molecule has 110 valence electrons. The lowest BCUT2D eigenvalue weighted by Gasteiger charge is -2.23. The lowest BCUT2D eigenvalue weighted by atomic mass is 9.94. The number of aromatic amines is 1. The van der Waals surface area contributed by atoms with Crippen LogP contribution in [0.3, 0.4) is 0 Å². The molecule has 1 aromatic heterocycles. The monoisotopic (exact) mass is 292 g/mol. The van der Waals surface area contributed by atoms with E-state index < -0.39 is 0 Å². The molecular formula is C18H16N2O2. The average molecular weight is 292 g/mol. The molecule has 0 amide bonds. The standard InChI is InChI=1S/C18H16N2O2/c21-12-7-5-11(6-8-12)18(22)17-16-14(9-10-19-17)13-3-1-2-4-15(13)20-16/h1-8,17,19-21H,9-10H2/t17-/m1/s1. The third-order valence-electron chi connectivity index (χ3n) is 4.27. The van der Waals surface area contributed by atoms with Gasteiger partial charge in [-0.05, 0) is 42.3 Å². The minimum absolute atomic E-state index is 0.0208. The number of ketones is 1. The summed E-state index contributed by atoms with van der Waals surface area (Å²) in [6.07, 6.45) is 0.915. The van der Waals surface area contributed by atoms with Crippen molar-refractivity contribution in [3.05, 3.63) is 65.4 Å². The van der Waals surface area contributed by atoms with Crippen molar-refractivity contribution in [3.63, 3.8) is 0 Å². The number of hydrogen-bond donors (Lipinski definition) is 3. The summed E-state index contributed by atoms with van der Waals surface area (Å²) >= 11 is 0. The van der Waals surface area contributed by atoms with Crippen molar-refractivity contribution in [2.45, 2.75) is 12.5 Å². The maximum absolute atomic E-state index is 12.8. The predicted molar refractivity (Wildman–Crippen MR) is 85.2 cm³/mol. The molecule has 1 atom stereocenters. The Kier molecular flexibility index (Phi) is 2.98. The molecule has 0 saturated heterocycles. The highest BCUT2D eigenvalue weighted by atomic mass is 16.3. The first-order valence-corrected chi connectivity index (χ1v) is 7.40. The molecule has 1 aliphatic rings. The molecule has 4 heteroatoms. The summed E-state index contributed by atoms with van der Waals surface area (Å²) < 4.78 is 0. The molecule has 0 saturated carbocycles. The Morgan fingerprint density at radius 3 is 2.68 bits per heavy atom. The summed E-state index contributed by atoms with van der Waals surface area (Å²) in [5, 5.41) is 13.9. The van der Waals surface area contributed by atoms with Crippen LogP contribution in [0.1, 0.15) is 27.7 Å². The van der Waals surface area contributed by atoms with Crippen LogP contribution in [0.25, 0.3) is 10.9 Å². The zero-order valence-corrected chi connectivity index (χ0v) is 12.0. The van der Waals surface area contributed by atoms with E-state index in [1.54, 1.807) is 24.3 Å². The van der Waals surface area contributed by atoms with Crippen LogP contribution < -0.4 is 5.32 Å². The Morgan fingerprint density at radius 2 is 1.86 bits per heavy atom. The number of Topliss-reactive ketones (excluding diaryl/α,β-unsaturated/α-hetero) is 1. The predicted octanol–water partition coefficient (Wildman–Crippen LogP) is 2.94. The third-order valence-corrected chi connectivity index (χ3v) is 4.27. The van der Waals surface area contributed by atoms with Crippen LogP contribution in [-0.4, -0.2) is 22.4 Å². The smallest absolute Gasteiger partial charge is 0.185 e. The number of nitrogens with one attached hydrogen (secondary N) is 2. The maximum atomic E-state index is 12.8. The molecule has 3 aromatic rings. The van der Waals surface area contributed by atoms with Crippen LogP contribution in [-0.2, 0) is 6.42 Å². The number of aromatic nitrogens is 1. The highest BCUT2D eigenvalue weighted by Crippen LogP contribution is 2.31. The second kappa shape index (κ2) is 5.00. The van der Waals surface area contributed by atoms with E-state index in [1.165, 1.54) is 10.9 Å². The van der Waals surface area contributed by atoms with Gasteiger partial charge in [-0.15, -0.1) is 0 Å². The Balaban J connectivity index is 1.79. The first kappa shape index (κ1) is 13.1. The van der Waals surface area contributed by atoms with Crippen molar-refractivity contribution in [1.82, 2.24) is 10.3 Å². The summed E-state index contributed by atoms with van der Waals surface area (Å²) in [5.41, 5.74) is 3.86. The normalized spacial score (nSPS) is 17.4. The van der Waals surface area contributed by atoms with Crippen LogP contribution in [0.2, 0.25) is 0 Å². The van der Waals surface area contributed by atoms with Crippen molar-refractivity contribution in [2.24, 2.45) is 0 Å². The fraction of sp³-hybridized carbons (Fsp3) is 0.167. The molecule has 4 rings (SSSR count). The number of hydrogen-bond acceptors (Lipinski definition) is 3. The quantitative estimate of drug-likeness (QED) is 0.636. The maximum Gasteiger partial charge on any atom is 0.185 e. The number of fused-ring (bicyclic) bond motifs is 3. The van der Waals surface area contributed by atoms with Gasteiger partial charge in [0.2, 0.25) is 0 Å². The first-order valence-electron chi connectivity index (χ1n) is 7.40. The minimum atomic E-state index is -0.360. The number of H-pyrrole nitrogens is 1. The summed E-state index contributed by atoms with van der Waals surface area (Å²) in [6.45, 7) is 0.781. The van der Waals surface area contributed by atoms with Gasteiger partial charge in [-0.1, -0.05) is 18.2 Å². The van der Waals surface area contributed by atoms with Gasteiger partial charge in [0.05, 0.1) is 0 Å². The Morgan fingerprint density at radius 1 is 1.09 bits per heavy atom. The fourth-order valence-electron chi connectivity index (χ4n) is 3.20. The molecule has 22 heavy (non-hydrogen) atoms. The number of carbonyl (C=O) groups excluding carboxylic acids is 1. The SMILES string of the molecule is O=C(c1ccc(O)cc1)[C@@H]1NCCc2c1[nH]c1ccccc21. The molecular weight excluding hydrogens is 276 g/mol. The number of phenolic OH excluding ortho intramolecular Hbond substituents is 1. The van der Waals surface area contributed by atoms with Crippen LogP contribution >= 0.6 is 0 Å². The van der Waals surface area contributed by atoms with Crippen molar-refractivity contribution < 1.29 is 9.90 Å². The molecule has 3 N–H and O–H groups in total. The number of carbonyl (C=O) groups is 1. The van der Waals surface area contributed by atoms with Gasteiger partial charge in [0.25, 0.3) is 0 Å². The van der Waals surface area contributed by atoms with Crippen LogP contribution in [0.15, 0.2) is 48.5 Å². The minimum Gasteiger partial charge on any atom is -0.508 e. The van der Waals surface area contributed by atoms with E-state index in [4.69, 9.17) is 0 Å². The van der Waals surface area contributed by atoms with Gasteiger partial charge >= 0.3 is 0 Å². The molecule has 0 aliphatic carbocycles. The molecule has 2 aromatic carbocycles. The lowest BCUT2D eigenvalue weighted by molar-refractivity contribution is 0.0938. The van der Waals surface area contributed by atoms with Gasteiger partial charge in [0, 0.05) is 28.7 Å². The zero-order chi connectivity index (χ0) is 15.1. The fourth-order valence-corrected chi connectivity index (χ4v) is 3.20. The number of phenols is 1. The molecule has 2 heterocycles. The molecule has 0 unspecified atom stereocenters. The van der Waals surface area contributed by atoms with Crippen LogP contribution in [0.4, 0.5) is 0 Å². The second-order valence-electron chi connectivity index (χ2n) is 5.61. The first-order chi connectivity index (χ1) is 10.7. The van der Waals surface area contributed by atoms with Gasteiger partial charge in [0.15, 0.2) is 5.78 Å².